The topological polar surface area (TPSA) is 38.5 Å². The van der Waals surface area contributed by atoms with Crippen molar-refractivity contribution in [2.45, 2.75) is 19.9 Å². The van der Waals surface area contributed by atoms with E-state index >= 15 is 0 Å². The molecule has 0 saturated heterocycles. The fraction of sp³-hybridized carbons (Fsp3) is 0.600. The van der Waals surface area contributed by atoms with E-state index in [2.05, 4.69) is 11.5 Å². The molecule has 0 aromatic rings. The van der Waals surface area contributed by atoms with Crippen molar-refractivity contribution in [3.8, 4) is 0 Å². The zero-order valence-electron chi connectivity index (χ0n) is 12.5. The first-order valence-corrected chi connectivity index (χ1v) is 6.50. The quantitative estimate of drug-likeness (QED) is 0.654. The minimum absolute atomic E-state index is 0.00513. The molecule has 0 fully saturated rings. The number of allylic oxidation sites excluding steroid dienone is 4. The van der Waals surface area contributed by atoms with Gasteiger partial charge in [-0.1, -0.05) is 31.2 Å². The number of hydrogen-bond acceptors (Lipinski definition) is 3. The molecule has 0 radical (unpaired) electrons. The van der Waals surface area contributed by atoms with E-state index in [9.17, 15) is 4.39 Å². The second-order valence-corrected chi connectivity index (χ2v) is 4.90. The molecule has 19 heavy (non-hydrogen) atoms. The van der Waals surface area contributed by atoms with Gasteiger partial charge >= 0.3 is 0 Å². The van der Waals surface area contributed by atoms with Crippen molar-refractivity contribution in [3.05, 3.63) is 36.2 Å². The lowest BCUT2D eigenvalue weighted by Gasteiger charge is -2.25. The van der Waals surface area contributed by atoms with E-state index in [1.165, 1.54) is 13.0 Å². The molecule has 0 saturated carbocycles. The van der Waals surface area contributed by atoms with Crippen LogP contribution in [0.2, 0.25) is 0 Å². The van der Waals surface area contributed by atoms with E-state index in [1.807, 2.05) is 20.0 Å². The third-order valence-corrected chi connectivity index (χ3v) is 3.06. The first-order valence-electron chi connectivity index (χ1n) is 6.50. The Morgan fingerprint density at radius 2 is 2.16 bits per heavy atom. The van der Waals surface area contributed by atoms with Gasteiger partial charge in [0.15, 0.2) is 0 Å². The van der Waals surface area contributed by atoms with Crippen LogP contribution in [0.1, 0.15) is 13.8 Å². The van der Waals surface area contributed by atoms with Gasteiger partial charge in [0.25, 0.3) is 0 Å². The van der Waals surface area contributed by atoms with Crippen molar-refractivity contribution in [2.75, 3.05) is 33.9 Å². The maximum atomic E-state index is 12.5. The van der Waals surface area contributed by atoms with Gasteiger partial charge in [0.2, 0.25) is 0 Å². The lowest BCUT2D eigenvalue weighted by atomic mass is 9.94. The largest absolute Gasteiger partial charge is 0.383 e. The molecule has 3 nitrogen and oxygen atoms in total. The Hall–Kier alpha value is -0.970. The number of hydrogen-bond donors (Lipinski definition) is 1. The van der Waals surface area contributed by atoms with Crippen LogP contribution in [0, 0.1) is 5.92 Å². The summed E-state index contributed by atoms with van der Waals surface area (Å²) in [5, 5.41) is 0. The van der Waals surface area contributed by atoms with E-state index in [1.54, 1.807) is 13.2 Å². The lowest BCUT2D eigenvalue weighted by molar-refractivity contribution is 0.155. The second-order valence-electron chi connectivity index (χ2n) is 4.90. The molecule has 0 aromatic carbocycles. The van der Waals surface area contributed by atoms with Crippen molar-refractivity contribution in [1.82, 2.24) is 4.90 Å². The van der Waals surface area contributed by atoms with Crippen molar-refractivity contribution in [3.63, 3.8) is 0 Å². The molecule has 0 unspecified atom stereocenters. The van der Waals surface area contributed by atoms with Gasteiger partial charge in [-0.2, -0.15) is 0 Å². The fourth-order valence-corrected chi connectivity index (χ4v) is 1.59. The number of halogens is 1. The predicted octanol–water partition coefficient (Wildman–Crippen LogP) is 2.51. The number of methoxy groups -OCH3 is 1. The fourth-order valence-electron chi connectivity index (χ4n) is 1.59. The predicted molar refractivity (Wildman–Crippen MR) is 79.7 cm³/mol. The second kappa shape index (κ2) is 9.89. The molecule has 110 valence electrons. The molecule has 0 aliphatic heterocycles. The van der Waals surface area contributed by atoms with Crippen molar-refractivity contribution >= 4 is 0 Å². The minimum atomic E-state index is -0.222. The summed E-state index contributed by atoms with van der Waals surface area (Å²) in [6, 6.07) is -0.00513. The third kappa shape index (κ3) is 8.70. The first kappa shape index (κ1) is 18.0. The molecular weight excluding hydrogens is 243 g/mol. The highest BCUT2D eigenvalue weighted by atomic mass is 19.1. The molecule has 0 aliphatic carbocycles. The Balaban J connectivity index is 4.24. The Morgan fingerprint density at radius 3 is 2.68 bits per heavy atom. The SMILES string of the molecule is C=C(/C=C\C=C(/C)F)[C@H](C)[C@H](N)CN(C)CCOC. The molecule has 0 spiro atoms. The van der Waals surface area contributed by atoms with Crippen molar-refractivity contribution in [2.24, 2.45) is 11.7 Å². The molecule has 0 aliphatic rings. The number of rotatable bonds is 9. The Morgan fingerprint density at radius 1 is 1.53 bits per heavy atom. The van der Waals surface area contributed by atoms with Crippen LogP contribution in [0.25, 0.3) is 0 Å². The van der Waals surface area contributed by atoms with Gasteiger partial charge in [0.05, 0.1) is 12.4 Å². The molecule has 2 N–H and O–H groups in total. The van der Waals surface area contributed by atoms with Gasteiger partial charge in [0, 0.05) is 26.2 Å². The maximum Gasteiger partial charge on any atom is 0.0968 e. The Bertz CT molecular complexity index is 322. The van der Waals surface area contributed by atoms with Crippen LogP contribution in [-0.2, 0) is 4.74 Å². The average Bonchev–Trinajstić information content (AvgIpc) is 2.34. The average molecular weight is 270 g/mol. The first-order chi connectivity index (χ1) is 8.88. The van der Waals surface area contributed by atoms with Crippen LogP contribution in [0.15, 0.2) is 36.2 Å². The Kier molecular flexibility index (Phi) is 9.39. The summed E-state index contributed by atoms with van der Waals surface area (Å²) in [6.45, 7) is 9.74. The minimum Gasteiger partial charge on any atom is -0.383 e. The van der Waals surface area contributed by atoms with Crippen molar-refractivity contribution < 1.29 is 9.13 Å². The van der Waals surface area contributed by atoms with Gasteiger partial charge in [-0.25, -0.2) is 4.39 Å². The molecule has 2 atom stereocenters. The third-order valence-electron chi connectivity index (χ3n) is 3.06. The summed E-state index contributed by atoms with van der Waals surface area (Å²) < 4.78 is 17.6. The van der Waals surface area contributed by atoms with Crippen molar-refractivity contribution in [1.29, 1.82) is 0 Å². The Labute approximate surface area is 116 Å². The maximum absolute atomic E-state index is 12.5. The van der Waals surface area contributed by atoms with E-state index < -0.39 is 0 Å². The highest BCUT2D eigenvalue weighted by Gasteiger charge is 2.16. The summed E-state index contributed by atoms with van der Waals surface area (Å²) in [5.74, 6) is -0.0742. The number of ether oxygens (including phenoxy) is 1. The van der Waals surface area contributed by atoms with E-state index in [0.29, 0.717) is 6.61 Å². The van der Waals surface area contributed by atoms with Crippen LogP contribution < -0.4 is 5.73 Å². The van der Waals surface area contributed by atoms with Crippen LogP contribution in [0.4, 0.5) is 4.39 Å². The van der Waals surface area contributed by atoms with Gasteiger partial charge in [-0.3, -0.25) is 0 Å². The van der Waals surface area contributed by atoms with Gasteiger partial charge in [0.1, 0.15) is 0 Å². The van der Waals surface area contributed by atoms with E-state index in [4.69, 9.17) is 10.5 Å². The zero-order valence-corrected chi connectivity index (χ0v) is 12.5. The standard InChI is InChI=1S/C15H27FN2O/c1-12(7-6-8-13(2)16)14(3)15(17)11-18(4)9-10-19-5/h6-8,14-15H,1,9-11,17H2,2-5H3/b7-6-,13-8+/t14-,15+/m0/s1. The molecule has 0 bridgehead atoms. The normalized spacial score (nSPS) is 16.1. The van der Waals surface area contributed by atoms with Gasteiger partial charge in [-0.05, 0) is 26.0 Å². The zero-order chi connectivity index (χ0) is 14.8. The molecule has 0 aromatic heterocycles. The van der Waals surface area contributed by atoms with E-state index in [0.717, 1.165) is 18.7 Å². The summed E-state index contributed by atoms with van der Waals surface area (Å²) in [5.41, 5.74) is 7.06. The highest BCUT2D eigenvalue weighted by Crippen LogP contribution is 2.14. The molecular formula is C15H27FN2O. The molecule has 4 heteroatoms. The van der Waals surface area contributed by atoms with Crippen LogP contribution >= 0.6 is 0 Å². The van der Waals surface area contributed by atoms with Crippen LogP contribution in [0.3, 0.4) is 0 Å². The number of nitrogens with zero attached hydrogens (tertiary/aromatic N) is 1. The van der Waals surface area contributed by atoms with Crippen LogP contribution in [-0.4, -0.2) is 44.8 Å². The lowest BCUT2D eigenvalue weighted by Crippen LogP contribution is -2.41. The van der Waals surface area contributed by atoms with Gasteiger partial charge in [-0.15, -0.1) is 0 Å². The number of nitrogens with two attached hydrogens (primary N) is 1. The van der Waals surface area contributed by atoms with Gasteiger partial charge < -0.3 is 15.4 Å². The summed E-state index contributed by atoms with van der Waals surface area (Å²) in [4.78, 5) is 2.13. The summed E-state index contributed by atoms with van der Waals surface area (Å²) in [7, 11) is 3.70. The summed E-state index contributed by atoms with van der Waals surface area (Å²) in [6.07, 6.45) is 4.88. The monoisotopic (exact) mass is 270 g/mol. The molecule has 0 heterocycles. The smallest absolute Gasteiger partial charge is 0.0968 e. The van der Waals surface area contributed by atoms with Crippen LogP contribution in [0.5, 0.6) is 0 Å². The molecule has 0 rings (SSSR count). The number of likely N-dealkylation sites (N-methyl/N-ethyl adjacent to an activating group) is 1. The van der Waals surface area contributed by atoms with E-state index in [-0.39, 0.29) is 17.8 Å². The summed E-state index contributed by atoms with van der Waals surface area (Å²) >= 11 is 0. The highest BCUT2D eigenvalue weighted by molar-refractivity contribution is 5.23. The molecule has 0 amide bonds.